The summed E-state index contributed by atoms with van der Waals surface area (Å²) in [5.41, 5.74) is 0. The first-order chi connectivity index (χ1) is 9.24. The topological polar surface area (TPSA) is 58.2 Å². The third kappa shape index (κ3) is 3.48. The van der Waals surface area contributed by atoms with Crippen LogP contribution in [0, 0.1) is 11.8 Å². The first-order valence-electron chi connectivity index (χ1n) is 7.85. The molecular weight excluding hydrogens is 240 g/mol. The van der Waals surface area contributed by atoms with Crippen molar-refractivity contribution in [3.05, 3.63) is 0 Å². The van der Waals surface area contributed by atoms with Crippen LogP contribution in [0.4, 0.5) is 0 Å². The first kappa shape index (κ1) is 12.9. The van der Waals surface area contributed by atoms with Gasteiger partial charge in [0.2, 0.25) is 11.8 Å². The molecule has 0 aliphatic heterocycles. The summed E-state index contributed by atoms with van der Waals surface area (Å²) in [5, 5.41) is 6.15. The Morgan fingerprint density at radius 3 is 1.63 bits per heavy atom. The van der Waals surface area contributed by atoms with E-state index < -0.39 is 0 Å². The Hall–Kier alpha value is -1.06. The Kier molecular flexibility index (Phi) is 3.76. The third-order valence-electron chi connectivity index (χ3n) is 4.59. The van der Waals surface area contributed by atoms with Crippen LogP contribution < -0.4 is 10.6 Å². The van der Waals surface area contributed by atoms with Crippen molar-refractivity contribution >= 4 is 11.8 Å². The lowest BCUT2D eigenvalue weighted by atomic mass is 10.1. The standard InChI is InChI=1S/C15H24N2O2/c18-14(16-10-5-3-1-2-4-6-10)12-9-13(12)15(19)17-11-7-8-11/h10-13H,1-9H2,(H,16,18)(H,17,19). The minimum Gasteiger partial charge on any atom is -0.353 e. The lowest BCUT2D eigenvalue weighted by Gasteiger charge is -2.16. The Labute approximate surface area is 114 Å². The summed E-state index contributed by atoms with van der Waals surface area (Å²) in [6.45, 7) is 0. The van der Waals surface area contributed by atoms with Gasteiger partial charge in [-0.3, -0.25) is 9.59 Å². The third-order valence-corrected chi connectivity index (χ3v) is 4.59. The molecule has 2 amide bonds. The van der Waals surface area contributed by atoms with Crippen LogP contribution in [0.3, 0.4) is 0 Å². The maximum Gasteiger partial charge on any atom is 0.224 e. The van der Waals surface area contributed by atoms with E-state index in [1.807, 2.05) is 0 Å². The summed E-state index contributed by atoms with van der Waals surface area (Å²) in [6.07, 6.45) is 10.2. The van der Waals surface area contributed by atoms with Crippen LogP contribution in [0.2, 0.25) is 0 Å². The molecule has 3 aliphatic carbocycles. The van der Waals surface area contributed by atoms with Crippen LogP contribution >= 0.6 is 0 Å². The summed E-state index contributed by atoms with van der Waals surface area (Å²) in [4.78, 5) is 23.9. The van der Waals surface area contributed by atoms with Gasteiger partial charge < -0.3 is 10.6 Å². The highest BCUT2D eigenvalue weighted by Crippen LogP contribution is 2.39. The van der Waals surface area contributed by atoms with Crippen molar-refractivity contribution in [2.24, 2.45) is 11.8 Å². The lowest BCUT2D eigenvalue weighted by Crippen LogP contribution is -2.37. The quantitative estimate of drug-likeness (QED) is 0.760. The van der Waals surface area contributed by atoms with E-state index in [1.54, 1.807) is 0 Å². The summed E-state index contributed by atoms with van der Waals surface area (Å²) in [7, 11) is 0. The molecule has 2 N–H and O–H groups in total. The number of hydrogen-bond acceptors (Lipinski definition) is 2. The molecule has 4 heteroatoms. The second kappa shape index (κ2) is 5.51. The molecule has 0 aromatic heterocycles. The van der Waals surface area contributed by atoms with Gasteiger partial charge >= 0.3 is 0 Å². The van der Waals surface area contributed by atoms with E-state index in [9.17, 15) is 9.59 Å². The smallest absolute Gasteiger partial charge is 0.224 e. The molecule has 0 saturated heterocycles. The van der Waals surface area contributed by atoms with Gasteiger partial charge in [-0.25, -0.2) is 0 Å². The molecule has 3 rings (SSSR count). The number of amides is 2. The largest absolute Gasteiger partial charge is 0.353 e. The minimum absolute atomic E-state index is 0.0496. The molecule has 0 bridgehead atoms. The fraction of sp³-hybridized carbons (Fsp3) is 0.867. The molecule has 106 valence electrons. The molecule has 3 aliphatic rings. The van der Waals surface area contributed by atoms with Gasteiger partial charge in [-0.15, -0.1) is 0 Å². The molecule has 3 saturated carbocycles. The van der Waals surface area contributed by atoms with Crippen LogP contribution in [0.25, 0.3) is 0 Å². The number of rotatable bonds is 4. The van der Waals surface area contributed by atoms with Crippen molar-refractivity contribution in [1.29, 1.82) is 0 Å². The second-order valence-corrected chi connectivity index (χ2v) is 6.43. The molecule has 3 fully saturated rings. The van der Waals surface area contributed by atoms with Crippen molar-refractivity contribution in [2.45, 2.75) is 69.9 Å². The van der Waals surface area contributed by atoms with E-state index in [0.29, 0.717) is 12.1 Å². The van der Waals surface area contributed by atoms with E-state index in [4.69, 9.17) is 0 Å². The van der Waals surface area contributed by atoms with Crippen LogP contribution in [0.1, 0.15) is 57.8 Å². The Balaban J connectivity index is 1.42. The first-order valence-corrected chi connectivity index (χ1v) is 7.85. The van der Waals surface area contributed by atoms with Crippen molar-refractivity contribution in [3.63, 3.8) is 0 Å². The highest BCUT2D eigenvalue weighted by molar-refractivity contribution is 5.92. The zero-order valence-corrected chi connectivity index (χ0v) is 11.5. The van der Waals surface area contributed by atoms with Gasteiger partial charge in [0.15, 0.2) is 0 Å². The molecule has 4 nitrogen and oxygen atoms in total. The monoisotopic (exact) mass is 264 g/mol. The number of carbonyl (C=O) groups is 2. The maximum absolute atomic E-state index is 12.1. The molecule has 0 aromatic carbocycles. The van der Waals surface area contributed by atoms with Gasteiger partial charge in [-0.1, -0.05) is 25.7 Å². The average molecular weight is 264 g/mol. The maximum atomic E-state index is 12.1. The summed E-state index contributed by atoms with van der Waals surface area (Å²) in [5.74, 6) is 0.111. The van der Waals surface area contributed by atoms with Gasteiger partial charge in [0, 0.05) is 12.1 Å². The van der Waals surface area contributed by atoms with E-state index in [-0.39, 0.29) is 23.7 Å². The number of carbonyl (C=O) groups excluding carboxylic acids is 2. The SMILES string of the molecule is O=C(NC1CCCCCC1)C1CC1C(=O)NC1CC1. The van der Waals surface area contributed by atoms with Gasteiger partial charge in [0.1, 0.15) is 0 Å². The van der Waals surface area contributed by atoms with Crippen molar-refractivity contribution < 1.29 is 9.59 Å². The van der Waals surface area contributed by atoms with Crippen molar-refractivity contribution in [3.8, 4) is 0 Å². The summed E-state index contributed by atoms with van der Waals surface area (Å²) in [6, 6.07) is 0.751. The normalized spacial score (nSPS) is 31.4. The zero-order chi connectivity index (χ0) is 13.2. The molecule has 2 unspecified atom stereocenters. The summed E-state index contributed by atoms with van der Waals surface area (Å²) < 4.78 is 0. The van der Waals surface area contributed by atoms with Gasteiger partial charge in [0.25, 0.3) is 0 Å². The van der Waals surface area contributed by atoms with Crippen LogP contribution in [-0.2, 0) is 9.59 Å². The average Bonchev–Trinajstić information content (AvgIpc) is 3.25. The minimum atomic E-state index is -0.0537. The molecule has 0 radical (unpaired) electrons. The van der Waals surface area contributed by atoms with E-state index in [1.165, 1.54) is 25.7 Å². The predicted octanol–water partition coefficient (Wildman–Crippen LogP) is 1.74. The highest BCUT2D eigenvalue weighted by Gasteiger charge is 2.49. The Bertz CT molecular complexity index is 357. The fourth-order valence-electron chi connectivity index (χ4n) is 3.04. The Morgan fingerprint density at radius 1 is 0.684 bits per heavy atom. The number of nitrogens with one attached hydrogen (secondary N) is 2. The van der Waals surface area contributed by atoms with Crippen LogP contribution in [0.15, 0.2) is 0 Å². The van der Waals surface area contributed by atoms with E-state index in [0.717, 1.165) is 32.1 Å². The van der Waals surface area contributed by atoms with E-state index >= 15 is 0 Å². The number of hydrogen-bond donors (Lipinski definition) is 2. The molecule has 19 heavy (non-hydrogen) atoms. The highest BCUT2D eigenvalue weighted by atomic mass is 16.2. The zero-order valence-electron chi connectivity index (χ0n) is 11.5. The van der Waals surface area contributed by atoms with Crippen LogP contribution in [0.5, 0.6) is 0 Å². The molecular formula is C15H24N2O2. The van der Waals surface area contributed by atoms with Gasteiger partial charge in [0.05, 0.1) is 11.8 Å². The molecule has 2 atom stereocenters. The van der Waals surface area contributed by atoms with Gasteiger partial charge in [-0.05, 0) is 32.1 Å². The molecule has 0 heterocycles. The predicted molar refractivity (Wildman–Crippen MR) is 72.4 cm³/mol. The summed E-state index contributed by atoms with van der Waals surface area (Å²) >= 11 is 0. The van der Waals surface area contributed by atoms with Crippen molar-refractivity contribution in [2.75, 3.05) is 0 Å². The fourth-order valence-corrected chi connectivity index (χ4v) is 3.04. The second-order valence-electron chi connectivity index (χ2n) is 6.43. The van der Waals surface area contributed by atoms with E-state index in [2.05, 4.69) is 10.6 Å². The molecule has 0 aromatic rings. The van der Waals surface area contributed by atoms with Crippen LogP contribution in [-0.4, -0.2) is 23.9 Å². The lowest BCUT2D eigenvalue weighted by molar-refractivity contribution is -0.127. The molecule has 0 spiro atoms. The van der Waals surface area contributed by atoms with Gasteiger partial charge in [-0.2, -0.15) is 0 Å². The Morgan fingerprint density at radius 2 is 1.16 bits per heavy atom. The van der Waals surface area contributed by atoms with Crippen molar-refractivity contribution in [1.82, 2.24) is 10.6 Å².